The minimum Gasteiger partial charge on any atom is -0.535 e. The number of carbonyl (C=O) groups excluding carboxylic acids is 2. The van der Waals surface area contributed by atoms with Gasteiger partial charge in [-0.1, -0.05) is 6.07 Å². The summed E-state index contributed by atoms with van der Waals surface area (Å²) in [7, 11) is 2.00. The van der Waals surface area contributed by atoms with Crippen molar-refractivity contribution < 1.29 is 28.4 Å². The van der Waals surface area contributed by atoms with Crippen molar-refractivity contribution in [2.45, 2.75) is 18.2 Å². The number of carbonyl (C=O) groups is 2. The van der Waals surface area contributed by atoms with Gasteiger partial charge in [0.25, 0.3) is 5.91 Å². The number of nitrogens with zero attached hydrogens (tertiary/aromatic N) is 1. The number of likely N-dealkylation sites (N-methyl/N-ethyl adjacent to an activating group) is 1. The number of fused-ring (bicyclic) bond motifs is 3. The Bertz CT molecular complexity index is 650. The van der Waals surface area contributed by atoms with Crippen molar-refractivity contribution in [3.05, 3.63) is 29.1 Å². The summed E-state index contributed by atoms with van der Waals surface area (Å²) in [4.78, 5) is 24.8. The van der Waals surface area contributed by atoms with E-state index in [2.05, 4.69) is 0 Å². The lowest BCUT2D eigenvalue weighted by atomic mass is 9.77. The number of benzene rings is 1. The molecule has 0 radical (unpaired) electrons. The van der Waals surface area contributed by atoms with E-state index in [-0.39, 0.29) is 23.0 Å². The maximum Gasteiger partial charge on any atom is 0.526 e. The molecule has 1 saturated carbocycles. The summed E-state index contributed by atoms with van der Waals surface area (Å²) in [6, 6.07) is 2.74. The van der Waals surface area contributed by atoms with Crippen LogP contribution in [0, 0.1) is 5.82 Å². The van der Waals surface area contributed by atoms with Crippen LogP contribution in [0.5, 0.6) is 5.75 Å². The molecule has 1 aliphatic carbocycles. The Hall–Kier alpha value is -2.09. The maximum absolute atomic E-state index is 14.0. The maximum atomic E-state index is 14.0. The summed E-state index contributed by atoms with van der Waals surface area (Å²) in [5.74, 6) is -2.09. The van der Waals surface area contributed by atoms with E-state index in [0.29, 0.717) is 5.56 Å². The molecule has 6 nitrogen and oxygen atoms in total. The van der Waals surface area contributed by atoms with E-state index in [0.717, 1.165) is 6.42 Å². The fraction of sp³-hybridized carbons (Fsp3) is 0.429. The van der Waals surface area contributed by atoms with Gasteiger partial charge in [0.1, 0.15) is 17.1 Å². The van der Waals surface area contributed by atoms with E-state index in [1.807, 2.05) is 0 Å². The topological polar surface area (TPSA) is 76.1 Å². The van der Waals surface area contributed by atoms with Gasteiger partial charge in [0, 0.05) is 19.9 Å². The van der Waals surface area contributed by atoms with Gasteiger partial charge in [-0.3, -0.25) is 4.79 Å². The average Bonchev–Trinajstić information content (AvgIpc) is 3.25. The van der Waals surface area contributed by atoms with Crippen molar-refractivity contribution in [1.29, 1.82) is 0 Å². The molecule has 1 N–H and O–H groups in total. The zero-order valence-corrected chi connectivity index (χ0v) is 12.2. The van der Waals surface area contributed by atoms with Gasteiger partial charge in [-0.15, -0.1) is 0 Å². The van der Waals surface area contributed by atoms with Crippen molar-refractivity contribution in [1.82, 2.24) is 4.90 Å². The smallest absolute Gasteiger partial charge is 0.526 e. The number of amides is 1. The van der Waals surface area contributed by atoms with Gasteiger partial charge in [-0.2, -0.15) is 0 Å². The van der Waals surface area contributed by atoms with Crippen LogP contribution in [0.1, 0.15) is 28.3 Å². The molecule has 116 valence electrons. The normalized spacial score (nSPS) is 21.4. The molecule has 8 heteroatoms. The van der Waals surface area contributed by atoms with Gasteiger partial charge >= 0.3 is 13.1 Å². The van der Waals surface area contributed by atoms with Gasteiger partial charge in [0.05, 0.1) is 0 Å². The summed E-state index contributed by atoms with van der Waals surface area (Å²) in [6.45, 7) is -0.483. The lowest BCUT2D eigenvalue weighted by Gasteiger charge is -2.22. The predicted molar refractivity (Wildman–Crippen MR) is 75.1 cm³/mol. The van der Waals surface area contributed by atoms with Crippen molar-refractivity contribution in [2.24, 2.45) is 0 Å². The third-order valence-electron chi connectivity index (χ3n) is 4.01. The highest BCUT2D eigenvalue weighted by Gasteiger charge is 2.54. The Morgan fingerprint density at radius 3 is 2.91 bits per heavy atom. The second-order valence-corrected chi connectivity index (χ2v) is 5.72. The minimum absolute atomic E-state index is 0.00264. The van der Waals surface area contributed by atoms with Crippen LogP contribution >= 0.6 is 0 Å². The molecule has 1 aromatic rings. The van der Waals surface area contributed by atoms with Crippen molar-refractivity contribution in [2.75, 3.05) is 20.7 Å². The molecule has 1 aliphatic heterocycles. The number of hydrogen-bond acceptors (Lipinski definition) is 5. The average molecular weight is 307 g/mol. The van der Waals surface area contributed by atoms with Crippen LogP contribution < -0.4 is 4.65 Å². The first-order valence-electron chi connectivity index (χ1n) is 6.94. The molecule has 1 unspecified atom stereocenters. The van der Waals surface area contributed by atoms with Crippen LogP contribution in [-0.2, 0) is 9.53 Å². The first-order valence-corrected chi connectivity index (χ1v) is 6.94. The Labute approximate surface area is 127 Å². The summed E-state index contributed by atoms with van der Waals surface area (Å²) < 4.78 is 24.2. The van der Waals surface area contributed by atoms with Crippen LogP contribution in [0.3, 0.4) is 0 Å². The highest BCUT2D eigenvalue weighted by molar-refractivity contribution is 6.48. The van der Waals surface area contributed by atoms with Crippen LogP contribution in [-0.4, -0.2) is 49.6 Å². The van der Waals surface area contributed by atoms with E-state index in [4.69, 9.17) is 9.39 Å². The zero-order chi connectivity index (χ0) is 16.0. The van der Waals surface area contributed by atoms with Gasteiger partial charge in [0.2, 0.25) is 0 Å². The molecule has 22 heavy (non-hydrogen) atoms. The van der Waals surface area contributed by atoms with E-state index in [1.165, 1.54) is 25.1 Å². The fourth-order valence-corrected chi connectivity index (χ4v) is 2.61. The van der Waals surface area contributed by atoms with Crippen molar-refractivity contribution >= 4 is 19.0 Å². The predicted octanol–water partition coefficient (Wildman–Crippen LogP) is 0.801. The monoisotopic (exact) mass is 307 g/mol. The SMILES string of the molecule is CN(C)C(=O)COC(=O)c1c(F)ccc2c1OB(O)C1C[C@H]21. The Balaban J connectivity index is 1.86. The largest absolute Gasteiger partial charge is 0.535 e. The number of ether oxygens (including phenoxy) is 1. The first-order chi connectivity index (χ1) is 10.4. The second kappa shape index (κ2) is 5.28. The zero-order valence-electron chi connectivity index (χ0n) is 12.2. The standard InChI is InChI=1S/C14H15BFNO5/c1-17(2)11(18)6-21-14(19)12-10(16)4-3-7-8-5-9(8)15(20)22-13(7)12/h3-4,8-9,20H,5-6H2,1-2H3/t8-,9?/m1/s1. The molecule has 2 atom stereocenters. The summed E-state index contributed by atoms with van der Waals surface area (Å²) in [5, 5.41) is 9.80. The van der Waals surface area contributed by atoms with E-state index < -0.39 is 31.4 Å². The molecule has 0 bridgehead atoms. The van der Waals surface area contributed by atoms with Crippen LogP contribution in [0.25, 0.3) is 0 Å². The lowest BCUT2D eigenvalue weighted by molar-refractivity contribution is -0.131. The third kappa shape index (κ3) is 2.43. The van der Waals surface area contributed by atoms with Gasteiger partial charge in [-0.05, 0) is 24.0 Å². The molecule has 2 aliphatic rings. The van der Waals surface area contributed by atoms with Crippen LogP contribution in [0.2, 0.25) is 5.82 Å². The van der Waals surface area contributed by atoms with Crippen LogP contribution in [0.4, 0.5) is 4.39 Å². The first kappa shape index (κ1) is 14.8. The molecule has 3 rings (SSSR count). The van der Waals surface area contributed by atoms with E-state index in [1.54, 1.807) is 6.07 Å². The minimum atomic E-state index is -1.05. The van der Waals surface area contributed by atoms with Gasteiger partial charge < -0.3 is 19.3 Å². The van der Waals surface area contributed by atoms with Crippen molar-refractivity contribution in [3.8, 4) is 5.75 Å². The number of halogens is 1. The molecule has 0 saturated heterocycles. The summed E-state index contributed by atoms with van der Waals surface area (Å²) in [6.07, 6.45) is 0.743. The third-order valence-corrected chi connectivity index (χ3v) is 4.01. The van der Waals surface area contributed by atoms with E-state index >= 15 is 0 Å². The highest BCUT2D eigenvalue weighted by atomic mass is 19.1. The number of hydrogen-bond donors (Lipinski definition) is 1. The Morgan fingerprint density at radius 1 is 1.50 bits per heavy atom. The summed E-state index contributed by atoms with van der Waals surface area (Å²) >= 11 is 0. The van der Waals surface area contributed by atoms with Crippen LogP contribution in [0.15, 0.2) is 12.1 Å². The Morgan fingerprint density at radius 2 is 2.23 bits per heavy atom. The molecular weight excluding hydrogens is 292 g/mol. The molecule has 1 heterocycles. The molecule has 1 amide bonds. The fourth-order valence-electron chi connectivity index (χ4n) is 2.61. The number of rotatable bonds is 3. The van der Waals surface area contributed by atoms with Gasteiger partial charge in [0.15, 0.2) is 6.61 Å². The van der Waals surface area contributed by atoms with Crippen molar-refractivity contribution in [3.63, 3.8) is 0 Å². The lowest BCUT2D eigenvalue weighted by Crippen LogP contribution is -2.30. The molecule has 1 fully saturated rings. The quantitative estimate of drug-likeness (QED) is 0.660. The van der Waals surface area contributed by atoms with Gasteiger partial charge in [-0.25, -0.2) is 9.18 Å². The molecule has 1 aromatic carbocycles. The summed E-state index contributed by atoms with van der Waals surface area (Å²) in [5.41, 5.74) is 0.330. The highest BCUT2D eigenvalue weighted by Crippen LogP contribution is 2.60. The number of esters is 1. The molecule has 0 spiro atoms. The van der Waals surface area contributed by atoms with E-state index in [9.17, 15) is 19.0 Å². The molecular formula is C14H15BFNO5. The Kier molecular flexibility index (Phi) is 3.56. The second-order valence-electron chi connectivity index (χ2n) is 5.72. The molecule has 0 aromatic heterocycles.